The number of benzene rings is 1. The molecule has 0 unspecified atom stereocenters. The molecule has 1 aromatic carbocycles. The fourth-order valence-corrected chi connectivity index (χ4v) is 2.53. The molecule has 5 nitrogen and oxygen atoms in total. The standard InChI is InChI=1S/C17H24ClN3O2/c1-21(2)11-3-10-19-15(22)17(8-9-17)16(23)20-12-13-4-6-14(18)7-5-13/h4-7H,3,8-12H2,1-2H3,(H,19,22)(H,20,23). The first-order chi connectivity index (χ1) is 10.9. The minimum Gasteiger partial charge on any atom is -0.355 e. The molecule has 1 saturated carbocycles. The molecule has 0 bridgehead atoms. The molecule has 2 rings (SSSR count). The molecule has 0 atom stereocenters. The van der Waals surface area contributed by atoms with Gasteiger partial charge in [-0.2, -0.15) is 0 Å². The quantitative estimate of drug-likeness (QED) is 0.562. The second-order valence-corrected chi connectivity index (χ2v) is 6.74. The van der Waals surface area contributed by atoms with Crippen molar-refractivity contribution < 1.29 is 9.59 Å². The fourth-order valence-electron chi connectivity index (χ4n) is 2.40. The summed E-state index contributed by atoms with van der Waals surface area (Å²) >= 11 is 5.84. The zero-order chi connectivity index (χ0) is 16.9. The largest absolute Gasteiger partial charge is 0.355 e. The molecule has 6 heteroatoms. The van der Waals surface area contributed by atoms with Gasteiger partial charge in [0.2, 0.25) is 11.8 Å². The van der Waals surface area contributed by atoms with E-state index in [9.17, 15) is 9.59 Å². The molecule has 1 aromatic rings. The Morgan fingerprint density at radius 1 is 1.13 bits per heavy atom. The van der Waals surface area contributed by atoms with Crippen LogP contribution in [0.5, 0.6) is 0 Å². The Labute approximate surface area is 142 Å². The third-order valence-corrected chi connectivity index (χ3v) is 4.31. The second-order valence-electron chi connectivity index (χ2n) is 6.30. The van der Waals surface area contributed by atoms with E-state index in [-0.39, 0.29) is 11.8 Å². The maximum absolute atomic E-state index is 12.3. The van der Waals surface area contributed by atoms with E-state index in [0.717, 1.165) is 18.5 Å². The van der Waals surface area contributed by atoms with Crippen LogP contribution >= 0.6 is 11.6 Å². The van der Waals surface area contributed by atoms with Crippen LogP contribution in [0.1, 0.15) is 24.8 Å². The fraction of sp³-hybridized carbons (Fsp3) is 0.529. The Hall–Kier alpha value is -1.59. The van der Waals surface area contributed by atoms with Crippen molar-refractivity contribution in [1.82, 2.24) is 15.5 Å². The predicted molar refractivity (Wildman–Crippen MR) is 91.1 cm³/mol. The summed E-state index contributed by atoms with van der Waals surface area (Å²) in [5, 5.41) is 6.41. The highest BCUT2D eigenvalue weighted by Gasteiger charge is 2.56. The lowest BCUT2D eigenvalue weighted by atomic mass is 10.0. The van der Waals surface area contributed by atoms with E-state index >= 15 is 0 Å². The summed E-state index contributed by atoms with van der Waals surface area (Å²) in [6.45, 7) is 1.92. The lowest BCUT2D eigenvalue weighted by molar-refractivity contribution is -0.137. The number of carbonyl (C=O) groups excluding carboxylic acids is 2. The van der Waals surface area contributed by atoms with Gasteiger partial charge in [0.1, 0.15) is 5.41 Å². The summed E-state index contributed by atoms with van der Waals surface area (Å²) in [5.41, 5.74) is 0.106. The molecule has 2 N–H and O–H groups in total. The van der Waals surface area contributed by atoms with Crippen LogP contribution in [0.15, 0.2) is 24.3 Å². The number of nitrogens with zero attached hydrogens (tertiary/aromatic N) is 1. The van der Waals surface area contributed by atoms with Crippen molar-refractivity contribution in [3.05, 3.63) is 34.9 Å². The Morgan fingerprint density at radius 3 is 2.30 bits per heavy atom. The molecule has 0 aliphatic heterocycles. The maximum Gasteiger partial charge on any atom is 0.235 e. The van der Waals surface area contributed by atoms with Crippen molar-refractivity contribution in [2.75, 3.05) is 27.2 Å². The van der Waals surface area contributed by atoms with Gasteiger partial charge in [-0.15, -0.1) is 0 Å². The van der Waals surface area contributed by atoms with E-state index in [1.54, 1.807) is 12.1 Å². The highest BCUT2D eigenvalue weighted by Crippen LogP contribution is 2.46. The number of carbonyl (C=O) groups is 2. The van der Waals surface area contributed by atoms with Gasteiger partial charge >= 0.3 is 0 Å². The van der Waals surface area contributed by atoms with Crippen molar-refractivity contribution in [2.45, 2.75) is 25.8 Å². The highest BCUT2D eigenvalue weighted by atomic mass is 35.5. The van der Waals surface area contributed by atoms with Crippen LogP contribution in [0.2, 0.25) is 5.02 Å². The SMILES string of the molecule is CN(C)CCCNC(=O)C1(C(=O)NCc2ccc(Cl)cc2)CC1. The van der Waals surface area contributed by atoms with Gasteiger partial charge in [-0.05, 0) is 57.6 Å². The minimum absolute atomic E-state index is 0.148. The third kappa shape index (κ3) is 4.94. The average molecular weight is 338 g/mol. The van der Waals surface area contributed by atoms with Crippen LogP contribution in [-0.2, 0) is 16.1 Å². The van der Waals surface area contributed by atoms with Crippen LogP contribution in [0.25, 0.3) is 0 Å². The van der Waals surface area contributed by atoms with Gasteiger partial charge in [0, 0.05) is 18.1 Å². The van der Waals surface area contributed by atoms with Gasteiger partial charge in [-0.1, -0.05) is 23.7 Å². The average Bonchev–Trinajstić information content (AvgIpc) is 3.32. The Balaban J connectivity index is 1.78. The number of nitrogens with one attached hydrogen (secondary N) is 2. The van der Waals surface area contributed by atoms with E-state index in [0.29, 0.717) is 31.0 Å². The molecule has 126 valence electrons. The van der Waals surface area contributed by atoms with E-state index in [1.807, 2.05) is 26.2 Å². The van der Waals surface area contributed by atoms with Crippen LogP contribution in [0.4, 0.5) is 0 Å². The van der Waals surface area contributed by atoms with Crippen molar-refractivity contribution in [3.63, 3.8) is 0 Å². The number of hydrogen-bond acceptors (Lipinski definition) is 3. The third-order valence-electron chi connectivity index (χ3n) is 4.05. The molecule has 0 radical (unpaired) electrons. The van der Waals surface area contributed by atoms with Gasteiger partial charge in [-0.3, -0.25) is 9.59 Å². The number of rotatable bonds is 8. The smallest absolute Gasteiger partial charge is 0.235 e. The first-order valence-electron chi connectivity index (χ1n) is 7.90. The van der Waals surface area contributed by atoms with Gasteiger partial charge in [0.25, 0.3) is 0 Å². The molecule has 1 aliphatic carbocycles. The van der Waals surface area contributed by atoms with E-state index < -0.39 is 5.41 Å². The summed E-state index contributed by atoms with van der Waals surface area (Å²) in [6.07, 6.45) is 2.12. The lowest BCUT2D eigenvalue weighted by Crippen LogP contribution is -2.43. The van der Waals surface area contributed by atoms with Gasteiger partial charge < -0.3 is 15.5 Å². The zero-order valence-corrected chi connectivity index (χ0v) is 14.4. The molecular formula is C17H24ClN3O2. The molecule has 0 aromatic heterocycles. The number of amides is 2. The summed E-state index contributed by atoms with van der Waals surface area (Å²) in [6, 6.07) is 7.30. The first kappa shape index (κ1) is 17.8. The van der Waals surface area contributed by atoms with Crippen LogP contribution in [0, 0.1) is 5.41 Å². The Kier molecular flexibility index (Phi) is 6.02. The van der Waals surface area contributed by atoms with Gasteiger partial charge in [0.15, 0.2) is 0 Å². The van der Waals surface area contributed by atoms with Crippen molar-refractivity contribution in [3.8, 4) is 0 Å². The molecular weight excluding hydrogens is 314 g/mol. The Morgan fingerprint density at radius 2 is 1.74 bits per heavy atom. The molecule has 23 heavy (non-hydrogen) atoms. The zero-order valence-electron chi connectivity index (χ0n) is 13.7. The molecule has 0 spiro atoms. The summed E-state index contributed by atoms with van der Waals surface area (Å²) in [5.74, 6) is -0.331. The number of halogens is 1. The Bertz CT molecular complexity index is 553. The van der Waals surface area contributed by atoms with Gasteiger partial charge in [0.05, 0.1) is 0 Å². The van der Waals surface area contributed by atoms with E-state index in [4.69, 9.17) is 11.6 Å². The molecule has 1 fully saturated rings. The molecule has 1 aliphatic rings. The van der Waals surface area contributed by atoms with Crippen LogP contribution < -0.4 is 10.6 Å². The topological polar surface area (TPSA) is 61.4 Å². The number of hydrogen-bond donors (Lipinski definition) is 2. The maximum atomic E-state index is 12.3. The summed E-state index contributed by atoms with van der Waals surface area (Å²) in [4.78, 5) is 26.7. The van der Waals surface area contributed by atoms with Crippen LogP contribution in [-0.4, -0.2) is 43.9 Å². The molecule has 0 heterocycles. The monoisotopic (exact) mass is 337 g/mol. The summed E-state index contributed by atoms with van der Waals surface area (Å²) in [7, 11) is 3.99. The van der Waals surface area contributed by atoms with E-state index in [1.165, 1.54) is 0 Å². The first-order valence-corrected chi connectivity index (χ1v) is 8.27. The van der Waals surface area contributed by atoms with Crippen molar-refractivity contribution in [1.29, 1.82) is 0 Å². The predicted octanol–water partition coefficient (Wildman–Crippen LogP) is 1.80. The van der Waals surface area contributed by atoms with Crippen molar-refractivity contribution >= 4 is 23.4 Å². The normalized spacial score (nSPS) is 15.3. The van der Waals surface area contributed by atoms with E-state index in [2.05, 4.69) is 15.5 Å². The van der Waals surface area contributed by atoms with Crippen molar-refractivity contribution in [2.24, 2.45) is 5.41 Å². The molecule has 2 amide bonds. The van der Waals surface area contributed by atoms with Crippen LogP contribution in [0.3, 0.4) is 0 Å². The lowest BCUT2D eigenvalue weighted by Gasteiger charge is -2.16. The highest BCUT2D eigenvalue weighted by molar-refractivity contribution is 6.30. The summed E-state index contributed by atoms with van der Waals surface area (Å²) < 4.78 is 0. The molecule has 0 saturated heterocycles. The van der Waals surface area contributed by atoms with Gasteiger partial charge in [-0.25, -0.2) is 0 Å². The minimum atomic E-state index is -0.857. The second kappa shape index (κ2) is 7.79.